The summed E-state index contributed by atoms with van der Waals surface area (Å²) in [5, 5.41) is 6.10. The molecule has 0 atom stereocenters. The predicted molar refractivity (Wildman–Crippen MR) is 81.8 cm³/mol. The Morgan fingerprint density at radius 1 is 1.08 bits per heavy atom. The Hall–Kier alpha value is -3.23. The Bertz CT molecular complexity index is 862. The summed E-state index contributed by atoms with van der Waals surface area (Å²) in [6, 6.07) is 9.55. The maximum absolute atomic E-state index is 13.5. The van der Waals surface area contributed by atoms with E-state index in [9.17, 15) is 18.0 Å². The summed E-state index contributed by atoms with van der Waals surface area (Å²) < 4.78 is 41.0. The Morgan fingerprint density at radius 3 is 2.40 bits per heavy atom. The molecule has 25 heavy (non-hydrogen) atoms. The summed E-state index contributed by atoms with van der Waals surface area (Å²) in [6.45, 7) is 0.00569. The zero-order chi connectivity index (χ0) is 17.9. The van der Waals surface area contributed by atoms with Crippen molar-refractivity contribution in [3.05, 3.63) is 71.9 Å². The first-order valence-electron chi connectivity index (χ1n) is 7.21. The highest BCUT2D eigenvalue weighted by Crippen LogP contribution is 2.33. The lowest BCUT2D eigenvalue weighted by Gasteiger charge is -2.12. The quantitative estimate of drug-likeness (QED) is 0.787. The van der Waals surface area contributed by atoms with E-state index in [0.717, 1.165) is 6.20 Å². The van der Waals surface area contributed by atoms with Crippen LogP contribution in [-0.4, -0.2) is 25.7 Å². The van der Waals surface area contributed by atoms with Crippen LogP contribution in [0.2, 0.25) is 0 Å². The Morgan fingerprint density at radius 2 is 1.80 bits per heavy atom. The van der Waals surface area contributed by atoms with Crippen LogP contribution in [0.3, 0.4) is 0 Å². The number of carbonyl (C=O) groups excluding carboxylic acids is 1. The highest BCUT2D eigenvalue weighted by Gasteiger charge is 2.40. The summed E-state index contributed by atoms with van der Waals surface area (Å²) in [5.74, 6) is -0.918. The number of amides is 1. The summed E-state index contributed by atoms with van der Waals surface area (Å²) in [6.07, 6.45) is -1.02. The number of hydrogen-bond donors (Lipinski definition) is 1. The molecule has 3 rings (SSSR count). The van der Waals surface area contributed by atoms with Gasteiger partial charge < -0.3 is 5.32 Å². The average Bonchev–Trinajstić information content (AvgIpc) is 3.07. The number of hydrogen-bond acceptors (Lipinski definition) is 4. The Kier molecular flexibility index (Phi) is 4.46. The van der Waals surface area contributed by atoms with Gasteiger partial charge in [-0.3, -0.25) is 9.78 Å². The first-order chi connectivity index (χ1) is 12.0. The van der Waals surface area contributed by atoms with E-state index in [1.165, 1.54) is 24.5 Å². The monoisotopic (exact) mass is 347 g/mol. The second-order valence-electron chi connectivity index (χ2n) is 5.01. The van der Waals surface area contributed by atoms with Crippen molar-refractivity contribution in [1.82, 2.24) is 25.1 Å². The molecule has 0 aromatic carbocycles. The lowest BCUT2D eigenvalue weighted by atomic mass is 10.2. The largest absolute Gasteiger partial charge is 0.434 e. The van der Waals surface area contributed by atoms with Crippen LogP contribution in [0.4, 0.5) is 13.2 Å². The molecule has 3 heterocycles. The van der Waals surface area contributed by atoms with Gasteiger partial charge in [0.05, 0.1) is 24.0 Å². The number of pyridine rings is 2. The minimum absolute atomic E-state index is 0.00569. The molecule has 0 aliphatic carbocycles. The molecule has 3 aromatic heterocycles. The van der Waals surface area contributed by atoms with E-state index in [2.05, 4.69) is 20.4 Å². The van der Waals surface area contributed by atoms with Gasteiger partial charge in [-0.15, -0.1) is 0 Å². The minimum Gasteiger partial charge on any atom is -0.346 e. The van der Waals surface area contributed by atoms with E-state index < -0.39 is 23.3 Å². The lowest BCUT2D eigenvalue weighted by molar-refractivity contribution is -0.143. The van der Waals surface area contributed by atoms with Gasteiger partial charge in [0.2, 0.25) is 0 Å². The lowest BCUT2D eigenvalue weighted by Crippen LogP contribution is -2.26. The highest BCUT2D eigenvalue weighted by molar-refractivity contribution is 5.95. The highest BCUT2D eigenvalue weighted by atomic mass is 19.4. The molecule has 0 unspecified atom stereocenters. The van der Waals surface area contributed by atoms with Crippen LogP contribution >= 0.6 is 0 Å². The van der Waals surface area contributed by atoms with Gasteiger partial charge in [0.25, 0.3) is 5.91 Å². The molecule has 3 aromatic rings. The van der Waals surface area contributed by atoms with Crippen molar-refractivity contribution >= 4 is 5.91 Å². The maximum Gasteiger partial charge on any atom is 0.434 e. The van der Waals surface area contributed by atoms with Crippen LogP contribution in [0.1, 0.15) is 21.7 Å². The van der Waals surface area contributed by atoms with Crippen LogP contribution in [0.15, 0.2) is 55.0 Å². The van der Waals surface area contributed by atoms with E-state index in [4.69, 9.17) is 0 Å². The first-order valence-corrected chi connectivity index (χ1v) is 7.21. The zero-order valence-corrected chi connectivity index (χ0v) is 12.7. The van der Waals surface area contributed by atoms with Gasteiger partial charge >= 0.3 is 6.18 Å². The molecule has 0 saturated heterocycles. The van der Waals surface area contributed by atoms with Gasteiger partial charge in [0.15, 0.2) is 11.5 Å². The number of carbonyl (C=O) groups is 1. The molecule has 0 fully saturated rings. The predicted octanol–water partition coefficient (Wildman–Crippen LogP) is 2.61. The fourth-order valence-electron chi connectivity index (χ4n) is 2.21. The van der Waals surface area contributed by atoms with E-state index in [1.807, 2.05) is 0 Å². The molecule has 0 aliphatic heterocycles. The Balaban J connectivity index is 1.91. The van der Waals surface area contributed by atoms with Crippen LogP contribution in [0.5, 0.6) is 0 Å². The number of halogens is 3. The van der Waals surface area contributed by atoms with Crippen molar-refractivity contribution in [2.45, 2.75) is 12.7 Å². The topological polar surface area (TPSA) is 72.7 Å². The van der Waals surface area contributed by atoms with Crippen LogP contribution in [-0.2, 0) is 12.7 Å². The van der Waals surface area contributed by atoms with Crippen molar-refractivity contribution in [2.75, 3.05) is 0 Å². The third-order valence-electron chi connectivity index (χ3n) is 3.30. The third kappa shape index (κ3) is 3.65. The van der Waals surface area contributed by atoms with E-state index >= 15 is 0 Å². The van der Waals surface area contributed by atoms with Crippen molar-refractivity contribution in [3.63, 3.8) is 0 Å². The molecule has 0 saturated carbocycles. The standard InChI is InChI=1S/C16H12F3N5O/c17-16(18,19)14-12(10-23-24(14)13-6-2-4-8-21-13)15(25)22-9-11-5-1-3-7-20-11/h1-8,10H,9H2,(H,22,25). The SMILES string of the molecule is O=C(NCc1ccccn1)c1cnn(-c2ccccn2)c1C(F)(F)F. The second-order valence-corrected chi connectivity index (χ2v) is 5.01. The molecular weight excluding hydrogens is 335 g/mol. The molecule has 0 aliphatic rings. The van der Waals surface area contributed by atoms with Gasteiger partial charge in [-0.05, 0) is 24.3 Å². The van der Waals surface area contributed by atoms with Crippen molar-refractivity contribution in [3.8, 4) is 5.82 Å². The summed E-state index contributed by atoms with van der Waals surface area (Å²) >= 11 is 0. The molecule has 0 radical (unpaired) electrons. The molecule has 128 valence electrons. The number of rotatable bonds is 4. The van der Waals surface area contributed by atoms with Crippen molar-refractivity contribution < 1.29 is 18.0 Å². The Labute approximate surface area is 140 Å². The zero-order valence-electron chi connectivity index (χ0n) is 12.7. The maximum atomic E-state index is 13.5. The van der Waals surface area contributed by atoms with Crippen molar-refractivity contribution in [1.29, 1.82) is 0 Å². The molecule has 1 amide bonds. The molecule has 1 N–H and O–H groups in total. The van der Waals surface area contributed by atoms with Gasteiger partial charge in [0, 0.05) is 12.4 Å². The van der Waals surface area contributed by atoms with Crippen LogP contribution < -0.4 is 5.32 Å². The summed E-state index contributed by atoms with van der Waals surface area (Å²) in [7, 11) is 0. The van der Waals surface area contributed by atoms with Crippen molar-refractivity contribution in [2.24, 2.45) is 0 Å². The number of alkyl halides is 3. The molecule has 0 bridgehead atoms. The number of aromatic nitrogens is 4. The summed E-state index contributed by atoms with van der Waals surface area (Å²) in [5.41, 5.74) is -1.22. The smallest absolute Gasteiger partial charge is 0.346 e. The minimum atomic E-state index is -4.77. The van der Waals surface area contributed by atoms with Gasteiger partial charge in [-0.25, -0.2) is 9.67 Å². The van der Waals surface area contributed by atoms with Gasteiger partial charge in [0.1, 0.15) is 0 Å². The van der Waals surface area contributed by atoms with Crippen LogP contribution in [0.25, 0.3) is 5.82 Å². The van der Waals surface area contributed by atoms with E-state index in [0.29, 0.717) is 10.4 Å². The van der Waals surface area contributed by atoms with Gasteiger partial charge in [-0.2, -0.15) is 18.3 Å². The number of nitrogens with zero attached hydrogens (tertiary/aromatic N) is 4. The normalized spacial score (nSPS) is 11.3. The fourth-order valence-corrected chi connectivity index (χ4v) is 2.21. The fraction of sp³-hybridized carbons (Fsp3) is 0.125. The second kappa shape index (κ2) is 6.71. The van der Waals surface area contributed by atoms with Gasteiger partial charge in [-0.1, -0.05) is 12.1 Å². The summed E-state index contributed by atoms with van der Waals surface area (Å²) in [4.78, 5) is 20.1. The average molecular weight is 347 g/mol. The molecule has 0 spiro atoms. The molecular formula is C16H12F3N5O. The van der Waals surface area contributed by atoms with Crippen LogP contribution in [0, 0.1) is 0 Å². The van der Waals surface area contributed by atoms with E-state index in [1.54, 1.807) is 24.3 Å². The molecule has 9 heteroatoms. The number of nitrogens with one attached hydrogen (secondary N) is 1. The first kappa shape index (κ1) is 16.6. The van der Waals surface area contributed by atoms with E-state index in [-0.39, 0.29) is 12.4 Å². The molecule has 6 nitrogen and oxygen atoms in total. The third-order valence-corrected chi connectivity index (χ3v) is 3.30.